The predicted octanol–water partition coefficient (Wildman–Crippen LogP) is 6.75. The monoisotopic (exact) mass is 590 g/mol. The number of hydrogen-bond acceptors (Lipinski definition) is 8. The van der Waals surface area contributed by atoms with E-state index in [1.807, 2.05) is 37.3 Å². The van der Waals surface area contributed by atoms with Crippen molar-refractivity contribution >= 4 is 26.7 Å². The van der Waals surface area contributed by atoms with Crippen molar-refractivity contribution in [2.24, 2.45) is 0 Å². The first-order valence-electron chi connectivity index (χ1n) is 14.5. The second kappa shape index (κ2) is 13.5. The molecule has 1 fully saturated rings. The summed E-state index contributed by atoms with van der Waals surface area (Å²) in [6.07, 6.45) is 2.61. The van der Waals surface area contributed by atoms with Crippen LogP contribution >= 0.6 is 0 Å². The number of ether oxygens (including phenoxy) is 3. The summed E-state index contributed by atoms with van der Waals surface area (Å²) in [5.74, 6) is 0.949. The zero-order valence-corrected chi connectivity index (χ0v) is 25.2. The van der Waals surface area contributed by atoms with Crippen molar-refractivity contribution in [3.63, 3.8) is 0 Å². The van der Waals surface area contributed by atoms with E-state index in [9.17, 15) is 8.42 Å². The Morgan fingerprint density at radius 3 is 2.57 bits per heavy atom. The molecule has 0 radical (unpaired) electrons. The molecule has 0 spiro atoms. The van der Waals surface area contributed by atoms with Crippen LogP contribution in [0.2, 0.25) is 0 Å². The lowest BCUT2D eigenvalue weighted by molar-refractivity contribution is -0.107. The first kappa shape index (κ1) is 29.8. The summed E-state index contributed by atoms with van der Waals surface area (Å²) in [4.78, 5) is 7.05. The number of hydrogen-bond donors (Lipinski definition) is 0. The number of aryl methyl sites for hydroxylation is 1. The quantitative estimate of drug-likeness (QED) is 0.132. The highest BCUT2D eigenvalue weighted by atomic mass is 32.2. The van der Waals surface area contributed by atoms with E-state index in [0.29, 0.717) is 30.9 Å². The number of para-hydroxylation sites is 1. The van der Waals surface area contributed by atoms with E-state index in [1.165, 1.54) is 6.07 Å². The van der Waals surface area contributed by atoms with Crippen molar-refractivity contribution < 1.29 is 26.8 Å². The second-order valence-corrected chi connectivity index (χ2v) is 12.0. The maximum atomic E-state index is 13.0. The van der Waals surface area contributed by atoms with E-state index >= 15 is 0 Å². The molecule has 0 bridgehead atoms. The molecule has 1 aromatic heterocycles. The zero-order chi connectivity index (χ0) is 29.5. The molecule has 8 nitrogen and oxygen atoms in total. The fourth-order valence-corrected chi connectivity index (χ4v) is 5.95. The van der Waals surface area contributed by atoms with Gasteiger partial charge in [-0.15, -0.1) is 0 Å². The van der Waals surface area contributed by atoms with E-state index in [1.54, 1.807) is 6.07 Å². The molecule has 1 unspecified atom stereocenters. The molecule has 1 saturated heterocycles. The zero-order valence-electron chi connectivity index (χ0n) is 24.4. The van der Waals surface area contributed by atoms with Crippen molar-refractivity contribution in [2.75, 3.05) is 38.3 Å². The maximum absolute atomic E-state index is 13.0. The van der Waals surface area contributed by atoms with E-state index < -0.39 is 16.4 Å². The molecule has 3 aromatic carbocycles. The Morgan fingerprint density at radius 1 is 1.00 bits per heavy atom. The van der Waals surface area contributed by atoms with Gasteiger partial charge < -0.3 is 19.1 Å². The first-order valence-corrected chi connectivity index (χ1v) is 15.9. The van der Waals surface area contributed by atoms with Gasteiger partial charge in [-0.25, -0.2) is 4.98 Å². The Balaban J connectivity index is 1.17. The van der Waals surface area contributed by atoms with Gasteiger partial charge >= 0.3 is 10.1 Å². The third kappa shape index (κ3) is 7.21. The minimum atomic E-state index is -4.03. The summed E-state index contributed by atoms with van der Waals surface area (Å²) in [6, 6.07) is 23.2. The maximum Gasteiger partial charge on any atom is 0.300 e. The number of nitrogens with zero attached hydrogens (tertiary/aromatic N) is 2. The average molecular weight is 591 g/mol. The number of benzene rings is 3. The van der Waals surface area contributed by atoms with Gasteiger partial charge in [-0.3, -0.25) is 4.18 Å². The molecule has 5 rings (SSSR count). The Hall–Kier alpha value is -3.66. The SMILES string of the molecule is CCN(C)c1ccc(-c2ccc3ccc(OCCCOS(=O)(=O)c4cccc(C)c4OC4CCCCO4)cc3n2)cc1. The van der Waals surface area contributed by atoms with Crippen LogP contribution in [-0.4, -0.2) is 53.1 Å². The van der Waals surface area contributed by atoms with Crippen LogP contribution in [0.15, 0.2) is 77.7 Å². The normalized spacial score (nSPS) is 15.5. The van der Waals surface area contributed by atoms with E-state index in [4.69, 9.17) is 23.4 Å². The third-order valence-corrected chi connectivity index (χ3v) is 8.71. The minimum Gasteiger partial charge on any atom is -0.493 e. The van der Waals surface area contributed by atoms with E-state index in [0.717, 1.165) is 53.7 Å². The van der Waals surface area contributed by atoms with Crippen LogP contribution in [0.5, 0.6) is 11.5 Å². The van der Waals surface area contributed by atoms with Crippen molar-refractivity contribution in [1.29, 1.82) is 0 Å². The topological polar surface area (TPSA) is 87.2 Å². The largest absolute Gasteiger partial charge is 0.493 e. The fraction of sp³-hybridized carbons (Fsp3) is 0.364. The second-order valence-electron chi connectivity index (χ2n) is 10.4. The van der Waals surface area contributed by atoms with Crippen molar-refractivity contribution in [3.05, 3.63) is 78.4 Å². The van der Waals surface area contributed by atoms with Crippen LogP contribution in [0.1, 0.15) is 38.2 Å². The predicted molar refractivity (Wildman–Crippen MR) is 165 cm³/mol. The summed E-state index contributed by atoms with van der Waals surface area (Å²) < 4.78 is 49.0. The number of aromatic nitrogens is 1. The van der Waals surface area contributed by atoms with Crippen LogP contribution in [0.3, 0.4) is 0 Å². The molecule has 42 heavy (non-hydrogen) atoms. The Morgan fingerprint density at radius 2 is 1.81 bits per heavy atom. The van der Waals surface area contributed by atoms with Gasteiger partial charge in [0.1, 0.15) is 16.4 Å². The molecule has 0 amide bonds. The average Bonchev–Trinajstić information content (AvgIpc) is 3.01. The summed E-state index contributed by atoms with van der Waals surface area (Å²) in [5.41, 5.74) is 4.64. The molecule has 0 N–H and O–H groups in total. The molecule has 0 aliphatic carbocycles. The number of rotatable bonds is 12. The van der Waals surface area contributed by atoms with Crippen molar-refractivity contribution in [3.8, 4) is 22.8 Å². The van der Waals surface area contributed by atoms with E-state index in [2.05, 4.69) is 49.2 Å². The summed E-state index contributed by atoms with van der Waals surface area (Å²) >= 11 is 0. The van der Waals surface area contributed by atoms with Crippen LogP contribution in [-0.2, 0) is 19.0 Å². The standard InChI is InChI=1S/C33H38N2O6S/c1-4-35(3)27-16-12-25(13-17-27)29-19-15-26-14-18-28(23-30(26)34-29)38-21-8-22-40-42(36,37)31-10-7-9-24(2)33(31)41-32-11-5-6-20-39-32/h7,9-10,12-19,23,32H,4-6,8,11,20-22H2,1-3H3. The number of anilines is 1. The van der Waals surface area contributed by atoms with Crippen molar-refractivity contribution in [2.45, 2.75) is 50.7 Å². The number of pyridine rings is 1. The molecular weight excluding hydrogens is 552 g/mol. The molecule has 4 aromatic rings. The molecular formula is C33H38N2O6S. The molecule has 0 saturated carbocycles. The summed E-state index contributed by atoms with van der Waals surface area (Å²) in [5, 5.41) is 1.01. The van der Waals surface area contributed by atoms with Crippen molar-refractivity contribution in [1.82, 2.24) is 4.98 Å². The van der Waals surface area contributed by atoms with Gasteiger partial charge in [0, 0.05) is 49.1 Å². The molecule has 2 heterocycles. The lowest BCUT2D eigenvalue weighted by Crippen LogP contribution is -2.26. The van der Waals surface area contributed by atoms with Crippen LogP contribution < -0.4 is 14.4 Å². The van der Waals surface area contributed by atoms with Gasteiger partial charge in [0.2, 0.25) is 0 Å². The molecule has 1 aliphatic rings. The Labute approximate surface area is 248 Å². The highest BCUT2D eigenvalue weighted by Crippen LogP contribution is 2.32. The highest BCUT2D eigenvalue weighted by molar-refractivity contribution is 7.86. The number of fused-ring (bicyclic) bond motifs is 1. The fourth-order valence-electron chi connectivity index (χ4n) is 4.81. The lowest BCUT2D eigenvalue weighted by Gasteiger charge is -2.25. The Kier molecular flexibility index (Phi) is 9.62. The van der Waals surface area contributed by atoms with Gasteiger partial charge in [-0.05, 0) is 68.7 Å². The van der Waals surface area contributed by atoms with Crippen LogP contribution in [0.4, 0.5) is 5.69 Å². The first-order chi connectivity index (χ1) is 20.3. The summed E-state index contributed by atoms with van der Waals surface area (Å²) in [7, 11) is -1.96. The molecule has 1 atom stereocenters. The van der Waals surface area contributed by atoms with Gasteiger partial charge in [0.15, 0.2) is 6.29 Å². The Bertz CT molecular complexity index is 1600. The highest BCUT2D eigenvalue weighted by Gasteiger charge is 2.25. The third-order valence-electron chi connectivity index (χ3n) is 7.37. The molecule has 1 aliphatic heterocycles. The van der Waals surface area contributed by atoms with Gasteiger partial charge in [-0.1, -0.05) is 30.3 Å². The summed E-state index contributed by atoms with van der Waals surface area (Å²) in [6.45, 7) is 5.76. The minimum absolute atomic E-state index is 0.0148. The molecule has 9 heteroatoms. The smallest absolute Gasteiger partial charge is 0.300 e. The van der Waals surface area contributed by atoms with Gasteiger partial charge in [0.25, 0.3) is 0 Å². The van der Waals surface area contributed by atoms with Crippen LogP contribution in [0.25, 0.3) is 22.2 Å². The van der Waals surface area contributed by atoms with Gasteiger partial charge in [0.05, 0.1) is 31.0 Å². The van der Waals surface area contributed by atoms with Crippen LogP contribution in [0, 0.1) is 6.92 Å². The molecule has 222 valence electrons. The van der Waals surface area contributed by atoms with E-state index in [-0.39, 0.29) is 17.3 Å². The van der Waals surface area contributed by atoms with Gasteiger partial charge in [-0.2, -0.15) is 8.42 Å². The lowest BCUT2D eigenvalue weighted by atomic mass is 10.1.